The van der Waals surface area contributed by atoms with Gasteiger partial charge in [-0.2, -0.15) is 0 Å². The molecule has 0 fully saturated rings. The van der Waals surface area contributed by atoms with Crippen molar-refractivity contribution in [2.24, 2.45) is 7.05 Å². The molecule has 0 unspecified atom stereocenters. The number of carbonyl (C=O) groups is 1. The van der Waals surface area contributed by atoms with Crippen molar-refractivity contribution in [3.63, 3.8) is 0 Å². The Morgan fingerprint density at radius 3 is 2.63 bits per heavy atom. The van der Waals surface area contributed by atoms with E-state index in [0.29, 0.717) is 12.1 Å². The van der Waals surface area contributed by atoms with Gasteiger partial charge in [0.1, 0.15) is 11.6 Å². The smallest absolute Gasteiger partial charge is 0.176 e. The number of aromatic nitrogens is 2. The minimum Gasteiger partial charge on any atom is -0.337 e. The van der Waals surface area contributed by atoms with E-state index in [0.717, 1.165) is 5.82 Å². The third-order valence-corrected chi connectivity index (χ3v) is 2.91. The van der Waals surface area contributed by atoms with E-state index in [4.69, 9.17) is 0 Å². The summed E-state index contributed by atoms with van der Waals surface area (Å²) in [7, 11) is 3.77. The van der Waals surface area contributed by atoms with E-state index in [1.807, 2.05) is 29.8 Å². The molecule has 5 heteroatoms. The highest BCUT2D eigenvalue weighted by Crippen LogP contribution is 2.06. The second kappa shape index (κ2) is 5.75. The average Bonchev–Trinajstić information content (AvgIpc) is 2.75. The van der Waals surface area contributed by atoms with E-state index in [1.54, 1.807) is 6.20 Å². The quantitative estimate of drug-likeness (QED) is 0.771. The van der Waals surface area contributed by atoms with Crippen LogP contribution in [0.1, 0.15) is 16.2 Å². The fourth-order valence-corrected chi connectivity index (χ4v) is 1.82. The number of benzene rings is 1. The summed E-state index contributed by atoms with van der Waals surface area (Å²) in [6.45, 7) is 0.870. The van der Waals surface area contributed by atoms with Gasteiger partial charge in [0.2, 0.25) is 0 Å². The first kappa shape index (κ1) is 13.4. The molecule has 0 N–H and O–H groups in total. The van der Waals surface area contributed by atoms with Crippen LogP contribution >= 0.6 is 0 Å². The molecule has 0 spiro atoms. The van der Waals surface area contributed by atoms with Crippen molar-refractivity contribution in [1.29, 1.82) is 0 Å². The number of likely N-dealkylation sites (N-methyl/N-ethyl adjacent to an activating group) is 1. The highest BCUT2D eigenvalue weighted by Gasteiger charge is 2.11. The average molecular weight is 261 g/mol. The van der Waals surface area contributed by atoms with Crippen LogP contribution in [0.2, 0.25) is 0 Å². The molecule has 100 valence electrons. The van der Waals surface area contributed by atoms with Gasteiger partial charge < -0.3 is 4.57 Å². The molecular weight excluding hydrogens is 245 g/mol. The van der Waals surface area contributed by atoms with E-state index < -0.39 is 0 Å². The van der Waals surface area contributed by atoms with Crippen LogP contribution in [0.3, 0.4) is 0 Å². The minimum absolute atomic E-state index is 0.0308. The van der Waals surface area contributed by atoms with Crippen molar-refractivity contribution in [3.05, 3.63) is 53.9 Å². The topological polar surface area (TPSA) is 38.1 Å². The Hall–Kier alpha value is -2.01. The van der Waals surface area contributed by atoms with Crippen molar-refractivity contribution < 1.29 is 9.18 Å². The molecule has 0 saturated heterocycles. The van der Waals surface area contributed by atoms with Crippen LogP contribution in [0, 0.1) is 5.82 Å². The fraction of sp³-hybridized carbons (Fsp3) is 0.286. The van der Waals surface area contributed by atoms with Gasteiger partial charge in [0.25, 0.3) is 0 Å². The molecular formula is C14H16FN3O. The zero-order valence-corrected chi connectivity index (χ0v) is 11.0. The number of aryl methyl sites for hydroxylation is 1. The molecule has 0 aliphatic carbocycles. The molecule has 0 aliphatic rings. The number of ketones is 1. The molecule has 1 aromatic carbocycles. The SMILES string of the molecule is CN(CC(=O)c1ccc(F)cc1)Cc1nccn1C. The maximum Gasteiger partial charge on any atom is 0.176 e. The maximum absolute atomic E-state index is 12.8. The van der Waals surface area contributed by atoms with E-state index in [-0.39, 0.29) is 18.1 Å². The summed E-state index contributed by atoms with van der Waals surface area (Å²) in [5.74, 6) is 0.532. The van der Waals surface area contributed by atoms with Crippen LogP contribution in [0.5, 0.6) is 0 Å². The molecule has 0 saturated carbocycles. The predicted octanol–water partition coefficient (Wildman–Crippen LogP) is 1.87. The number of carbonyl (C=O) groups excluding carboxylic acids is 1. The summed E-state index contributed by atoms with van der Waals surface area (Å²) in [6, 6.07) is 5.61. The van der Waals surface area contributed by atoms with E-state index in [1.165, 1.54) is 24.3 Å². The number of imidazole rings is 1. The van der Waals surface area contributed by atoms with E-state index >= 15 is 0 Å². The Balaban J connectivity index is 1.95. The van der Waals surface area contributed by atoms with Gasteiger partial charge in [0, 0.05) is 25.0 Å². The van der Waals surface area contributed by atoms with Crippen LogP contribution in [-0.2, 0) is 13.6 Å². The molecule has 19 heavy (non-hydrogen) atoms. The predicted molar refractivity (Wildman–Crippen MR) is 70.3 cm³/mol. The first-order valence-electron chi connectivity index (χ1n) is 6.00. The van der Waals surface area contributed by atoms with Crippen molar-refractivity contribution >= 4 is 5.78 Å². The summed E-state index contributed by atoms with van der Waals surface area (Å²) in [6.07, 6.45) is 3.59. The molecule has 0 radical (unpaired) electrons. The third kappa shape index (κ3) is 3.48. The van der Waals surface area contributed by atoms with Gasteiger partial charge in [-0.05, 0) is 31.3 Å². The second-order valence-corrected chi connectivity index (χ2v) is 4.56. The van der Waals surface area contributed by atoms with Crippen LogP contribution in [0.4, 0.5) is 4.39 Å². The van der Waals surface area contributed by atoms with Gasteiger partial charge >= 0.3 is 0 Å². The minimum atomic E-state index is -0.335. The van der Waals surface area contributed by atoms with Gasteiger partial charge in [-0.3, -0.25) is 9.69 Å². The van der Waals surface area contributed by atoms with Crippen molar-refractivity contribution in [2.75, 3.05) is 13.6 Å². The lowest BCUT2D eigenvalue weighted by Gasteiger charge is -2.15. The molecule has 1 aromatic heterocycles. The Labute approximate surface area is 111 Å². The largest absolute Gasteiger partial charge is 0.337 e. The Kier molecular flexibility index (Phi) is 4.06. The van der Waals surface area contributed by atoms with Crippen molar-refractivity contribution in [1.82, 2.24) is 14.5 Å². The van der Waals surface area contributed by atoms with Gasteiger partial charge in [-0.25, -0.2) is 9.37 Å². The third-order valence-electron chi connectivity index (χ3n) is 2.91. The maximum atomic E-state index is 12.8. The first-order valence-corrected chi connectivity index (χ1v) is 6.00. The van der Waals surface area contributed by atoms with Gasteiger partial charge in [0.15, 0.2) is 5.78 Å². The Morgan fingerprint density at radius 1 is 1.37 bits per heavy atom. The summed E-state index contributed by atoms with van der Waals surface area (Å²) in [5.41, 5.74) is 0.521. The second-order valence-electron chi connectivity index (χ2n) is 4.56. The monoisotopic (exact) mass is 261 g/mol. The van der Waals surface area contributed by atoms with E-state index in [2.05, 4.69) is 4.98 Å². The molecule has 2 rings (SSSR count). The summed E-state index contributed by atoms with van der Waals surface area (Å²) >= 11 is 0. The Bertz CT molecular complexity index is 562. The Morgan fingerprint density at radius 2 is 2.05 bits per heavy atom. The lowest BCUT2D eigenvalue weighted by Crippen LogP contribution is -2.26. The molecule has 4 nitrogen and oxygen atoms in total. The van der Waals surface area contributed by atoms with Crippen LogP contribution in [-0.4, -0.2) is 33.8 Å². The van der Waals surface area contributed by atoms with Crippen LogP contribution in [0.25, 0.3) is 0 Å². The lowest BCUT2D eigenvalue weighted by atomic mass is 10.1. The molecule has 1 heterocycles. The molecule has 0 amide bonds. The number of rotatable bonds is 5. The molecule has 2 aromatic rings. The summed E-state index contributed by atoms with van der Waals surface area (Å²) < 4.78 is 14.7. The van der Waals surface area contributed by atoms with Gasteiger partial charge in [0.05, 0.1) is 13.1 Å². The molecule has 0 bridgehead atoms. The van der Waals surface area contributed by atoms with Crippen LogP contribution < -0.4 is 0 Å². The van der Waals surface area contributed by atoms with E-state index in [9.17, 15) is 9.18 Å². The van der Waals surface area contributed by atoms with Crippen LogP contribution in [0.15, 0.2) is 36.7 Å². The lowest BCUT2D eigenvalue weighted by molar-refractivity contribution is 0.0941. The highest BCUT2D eigenvalue weighted by atomic mass is 19.1. The number of nitrogens with zero attached hydrogens (tertiary/aromatic N) is 3. The standard InChI is InChI=1S/C14H16FN3O/c1-17(10-14-16-7-8-18(14)2)9-13(19)11-3-5-12(15)6-4-11/h3-8H,9-10H2,1-2H3. The number of hydrogen-bond donors (Lipinski definition) is 0. The normalized spacial score (nSPS) is 10.9. The van der Waals surface area contributed by atoms with Crippen molar-refractivity contribution in [3.8, 4) is 0 Å². The zero-order chi connectivity index (χ0) is 13.8. The number of Topliss-reactive ketones (excluding diaryl/α,β-unsaturated/α-hetero) is 1. The summed E-state index contributed by atoms with van der Waals surface area (Å²) in [5, 5.41) is 0. The highest BCUT2D eigenvalue weighted by molar-refractivity contribution is 5.97. The fourth-order valence-electron chi connectivity index (χ4n) is 1.82. The van der Waals surface area contributed by atoms with Gasteiger partial charge in [-0.15, -0.1) is 0 Å². The van der Waals surface area contributed by atoms with Crippen molar-refractivity contribution in [2.45, 2.75) is 6.54 Å². The van der Waals surface area contributed by atoms with Gasteiger partial charge in [-0.1, -0.05) is 0 Å². The zero-order valence-electron chi connectivity index (χ0n) is 11.0. The first-order chi connectivity index (χ1) is 9.06. The summed E-state index contributed by atoms with van der Waals surface area (Å²) in [4.78, 5) is 18.1. The number of halogens is 1. The molecule has 0 atom stereocenters. The number of hydrogen-bond acceptors (Lipinski definition) is 3. The molecule has 0 aliphatic heterocycles.